The van der Waals surface area contributed by atoms with Crippen molar-refractivity contribution in [2.24, 2.45) is 0 Å². The van der Waals surface area contributed by atoms with E-state index in [2.05, 4.69) is 5.32 Å². The highest BCUT2D eigenvalue weighted by Crippen LogP contribution is 2.48. The minimum absolute atomic E-state index is 0.0481. The maximum absolute atomic E-state index is 13.6. The molecule has 2 aromatic carbocycles. The van der Waals surface area contributed by atoms with Gasteiger partial charge < -0.3 is 5.32 Å². The molecule has 0 atom stereocenters. The minimum atomic E-state index is -0.462. The molecule has 0 aromatic heterocycles. The topological polar surface area (TPSA) is 29.1 Å². The highest BCUT2D eigenvalue weighted by molar-refractivity contribution is 6.30. The van der Waals surface area contributed by atoms with E-state index in [1.165, 1.54) is 6.07 Å². The monoisotopic (exact) mass is 303 g/mol. The van der Waals surface area contributed by atoms with Gasteiger partial charge in [-0.15, -0.1) is 0 Å². The Labute approximate surface area is 127 Å². The summed E-state index contributed by atoms with van der Waals surface area (Å²) in [4.78, 5) is 12.4. The van der Waals surface area contributed by atoms with E-state index in [1.807, 2.05) is 12.1 Å². The standard InChI is InChI=1S/C17H15ClFNO/c18-14-7-5-13(6-8-14)17(9-10-17)16(21)20-11-12-3-1-2-4-15(12)19/h1-8H,9-11H2,(H,20,21). The molecule has 21 heavy (non-hydrogen) atoms. The lowest BCUT2D eigenvalue weighted by Crippen LogP contribution is -2.34. The fraction of sp³-hybridized carbons (Fsp3) is 0.235. The molecule has 1 fully saturated rings. The summed E-state index contributed by atoms with van der Waals surface area (Å²) in [5, 5.41) is 3.50. The Kier molecular flexibility index (Phi) is 3.68. The van der Waals surface area contributed by atoms with Crippen LogP contribution in [0, 0.1) is 5.82 Å². The van der Waals surface area contributed by atoms with Crippen LogP contribution in [0.4, 0.5) is 4.39 Å². The average molecular weight is 304 g/mol. The summed E-state index contributed by atoms with van der Waals surface area (Å²) >= 11 is 5.88. The van der Waals surface area contributed by atoms with Gasteiger partial charge >= 0.3 is 0 Å². The molecule has 1 amide bonds. The highest BCUT2D eigenvalue weighted by Gasteiger charge is 2.51. The Morgan fingerprint density at radius 1 is 1.14 bits per heavy atom. The molecule has 1 N–H and O–H groups in total. The zero-order chi connectivity index (χ0) is 14.9. The molecule has 0 saturated heterocycles. The first-order chi connectivity index (χ1) is 10.1. The quantitative estimate of drug-likeness (QED) is 0.914. The maximum atomic E-state index is 13.6. The summed E-state index contributed by atoms with van der Waals surface area (Å²) in [5.41, 5.74) is 1.01. The Hall–Kier alpha value is -1.87. The van der Waals surface area contributed by atoms with Gasteiger partial charge in [0.25, 0.3) is 0 Å². The molecule has 0 unspecified atom stereocenters. The van der Waals surface area contributed by atoms with Gasteiger partial charge in [0.2, 0.25) is 5.91 Å². The van der Waals surface area contributed by atoms with Gasteiger partial charge in [0, 0.05) is 17.1 Å². The lowest BCUT2D eigenvalue weighted by Gasteiger charge is -2.16. The fourth-order valence-corrected chi connectivity index (χ4v) is 2.65. The highest BCUT2D eigenvalue weighted by atomic mass is 35.5. The van der Waals surface area contributed by atoms with E-state index >= 15 is 0 Å². The van der Waals surface area contributed by atoms with Crippen LogP contribution in [0.1, 0.15) is 24.0 Å². The van der Waals surface area contributed by atoms with E-state index in [9.17, 15) is 9.18 Å². The van der Waals surface area contributed by atoms with Crippen molar-refractivity contribution in [3.05, 3.63) is 70.5 Å². The number of halogens is 2. The van der Waals surface area contributed by atoms with Gasteiger partial charge in [0.15, 0.2) is 0 Å². The Morgan fingerprint density at radius 2 is 1.81 bits per heavy atom. The van der Waals surface area contributed by atoms with Gasteiger partial charge in [-0.25, -0.2) is 4.39 Å². The van der Waals surface area contributed by atoms with Crippen LogP contribution < -0.4 is 5.32 Å². The number of hydrogen-bond acceptors (Lipinski definition) is 1. The van der Waals surface area contributed by atoms with Crippen molar-refractivity contribution in [3.8, 4) is 0 Å². The summed E-state index contributed by atoms with van der Waals surface area (Å²) in [6.07, 6.45) is 1.63. The van der Waals surface area contributed by atoms with E-state index in [-0.39, 0.29) is 18.3 Å². The first-order valence-corrected chi connectivity index (χ1v) is 7.27. The van der Waals surface area contributed by atoms with Crippen LogP contribution in [0.3, 0.4) is 0 Å². The molecule has 0 aliphatic heterocycles. The molecule has 0 radical (unpaired) electrons. The SMILES string of the molecule is O=C(NCc1ccccc1F)C1(c2ccc(Cl)cc2)CC1. The van der Waals surface area contributed by atoms with Crippen molar-refractivity contribution < 1.29 is 9.18 Å². The molecule has 1 aliphatic carbocycles. The van der Waals surface area contributed by atoms with Crippen molar-refractivity contribution in [2.75, 3.05) is 0 Å². The second-order valence-electron chi connectivity index (χ2n) is 5.36. The van der Waals surface area contributed by atoms with Gasteiger partial charge in [-0.3, -0.25) is 4.79 Å². The van der Waals surface area contributed by atoms with Crippen LogP contribution in [0.2, 0.25) is 5.02 Å². The van der Waals surface area contributed by atoms with Crippen LogP contribution in [0.15, 0.2) is 48.5 Å². The molecule has 1 aliphatic rings. The molecule has 2 nitrogen and oxygen atoms in total. The zero-order valence-corrected chi connectivity index (χ0v) is 12.2. The third-order valence-corrected chi connectivity index (χ3v) is 4.23. The number of carbonyl (C=O) groups excluding carboxylic acids is 1. The van der Waals surface area contributed by atoms with E-state index < -0.39 is 5.41 Å². The van der Waals surface area contributed by atoms with Crippen molar-refractivity contribution in [1.82, 2.24) is 5.32 Å². The third kappa shape index (κ3) is 2.79. The second-order valence-corrected chi connectivity index (χ2v) is 5.80. The minimum Gasteiger partial charge on any atom is -0.351 e. The van der Waals surface area contributed by atoms with Gasteiger partial charge in [-0.1, -0.05) is 41.9 Å². The predicted octanol–water partition coefficient (Wildman–Crippen LogP) is 3.83. The smallest absolute Gasteiger partial charge is 0.230 e. The summed E-state index contributed by atoms with van der Waals surface area (Å²) in [6.45, 7) is 0.209. The van der Waals surface area contributed by atoms with E-state index in [0.29, 0.717) is 10.6 Å². The Balaban J connectivity index is 1.71. The first-order valence-electron chi connectivity index (χ1n) is 6.90. The van der Waals surface area contributed by atoms with Crippen LogP contribution in [-0.2, 0) is 16.8 Å². The fourth-order valence-electron chi connectivity index (χ4n) is 2.53. The van der Waals surface area contributed by atoms with Gasteiger partial charge in [-0.05, 0) is 36.6 Å². The van der Waals surface area contributed by atoms with Crippen molar-refractivity contribution in [3.63, 3.8) is 0 Å². The molecule has 0 spiro atoms. The molecule has 0 bridgehead atoms. The number of hydrogen-bond donors (Lipinski definition) is 1. The number of nitrogens with one attached hydrogen (secondary N) is 1. The van der Waals surface area contributed by atoms with Crippen LogP contribution in [0.5, 0.6) is 0 Å². The molecule has 2 aromatic rings. The summed E-state index contributed by atoms with van der Waals surface area (Å²) < 4.78 is 13.6. The number of rotatable bonds is 4. The number of benzene rings is 2. The van der Waals surface area contributed by atoms with Gasteiger partial charge in [0.1, 0.15) is 5.82 Å². The summed E-state index contributed by atoms with van der Waals surface area (Å²) in [5.74, 6) is -0.345. The Morgan fingerprint density at radius 3 is 2.43 bits per heavy atom. The Bertz CT molecular complexity index is 665. The lowest BCUT2D eigenvalue weighted by molar-refractivity contribution is -0.123. The summed E-state index contributed by atoms with van der Waals surface area (Å²) in [7, 11) is 0. The average Bonchev–Trinajstić information content (AvgIpc) is 3.28. The molecule has 1 saturated carbocycles. The predicted molar refractivity (Wildman–Crippen MR) is 80.6 cm³/mol. The summed E-state index contributed by atoms with van der Waals surface area (Å²) in [6, 6.07) is 13.8. The molecule has 3 rings (SSSR count). The van der Waals surface area contributed by atoms with Gasteiger partial charge in [0.05, 0.1) is 5.41 Å². The van der Waals surface area contributed by atoms with Crippen LogP contribution >= 0.6 is 11.6 Å². The van der Waals surface area contributed by atoms with Crippen molar-refractivity contribution in [2.45, 2.75) is 24.8 Å². The molecular weight excluding hydrogens is 289 g/mol. The van der Waals surface area contributed by atoms with E-state index in [1.54, 1.807) is 30.3 Å². The van der Waals surface area contributed by atoms with Crippen LogP contribution in [-0.4, -0.2) is 5.91 Å². The van der Waals surface area contributed by atoms with Crippen LogP contribution in [0.25, 0.3) is 0 Å². The van der Waals surface area contributed by atoms with E-state index in [4.69, 9.17) is 11.6 Å². The van der Waals surface area contributed by atoms with Crippen molar-refractivity contribution >= 4 is 17.5 Å². The number of amides is 1. The molecule has 108 valence electrons. The normalized spacial score (nSPS) is 15.5. The van der Waals surface area contributed by atoms with E-state index in [0.717, 1.165) is 18.4 Å². The van der Waals surface area contributed by atoms with Gasteiger partial charge in [-0.2, -0.15) is 0 Å². The molecule has 4 heteroatoms. The number of carbonyl (C=O) groups is 1. The second kappa shape index (κ2) is 5.49. The molecular formula is C17H15ClFNO. The first kappa shape index (κ1) is 14.1. The zero-order valence-electron chi connectivity index (χ0n) is 11.4. The van der Waals surface area contributed by atoms with Crippen molar-refractivity contribution in [1.29, 1.82) is 0 Å². The maximum Gasteiger partial charge on any atom is 0.230 e. The third-order valence-electron chi connectivity index (χ3n) is 3.98. The largest absolute Gasteiger partial charge is 0.351 e. The lowest BCUT2D eigenvalue weighted by atomic mass is 9.95. The molecule has 0 heterocycles.